The maximum atomic E-state index is 12.2. The number of methoxy groups -OCH3 is 1. The highest BCUT2D eigenvalue weighted by molar-refractivity contribution is 7.13. The number of anilines is 1. The molecule has 1 saturated heterocycles. The fourth-order valence-electron chi connectivity index (χ4n) is 2.41. The highest BCUT2D eigenvalue weighted by Crippen LogP contribution is 2.26. The van der Waals surface area contributed by atoms with Gasteiger partial charge in [-0.3, -0.25) is 4.79 Å². The Morgan fingerprint density at radius 1 is 1.36 bits per heavy atom. The number of carbonyl (C=O) groups excluding carboxylic acids is 1. The number of benzene rings is 1. The number of nitrogens with one attached hydrogen (secondary N) is 2. The average Bonchev–Trinajstić information content (AvgIpc) is 3.06. The van der Waals surface area contributed by atoms with E-state index >= 15 is 0 Å². The van der Waals surface area contributed by atoms with Crippen LogP contribution in [0.15, 0.2) is 24.3 Å². The Hall–Kier alpha value is -1.99. The molecule has 2 aromatic rings. The van der Waals surface area contributed by atoms with Crippen molar-refractivity contribution in [1.29, 1.82) is 0 Å². The molecule has 1 amide bonds. The van der Waals surface area contributed by atoms with Gasteiger partial charge in [0.15, 0.2) is 0 Å². The second kappa shape index (κ2) is 6.85. The second-order valence-corrected chi connectivity index (χ2v) is 6.18. The maximum Gasteiger partial charge on any atom is 0.286 e. The van der Waals surface area contributed by atoms with Gasteiger partial charge in [0.2, 0.25) is 5.01 Å². The second-order valence-electron chi connectivity index (χ2n) is 5.17. The van der Waals surface area contributed by atoms with Crippen molar-refractivity contribution in [3.63, 3.8) is 0 Å². The van der Waals surface area contributed by atoms with Gasteiger partial charge in [-0.15, -0.1) is 10.2 Å². The predicted octanol–water partition coefficient (Wildman–Crippen LogP) is 2.27. The van der Waals surface area contributed by atoms with Gasteiger partial charge in [-0.05, 0) is 43.7 Å². The Morgan fingerprint density at radius 2 is 2.18 bits per heavy atom. The first-order chi connectivity index (χ1) is 10.8. The van der Waals surface area contributed by atoms with Gasteiger partial charge in [0.05, 0.1) is 7.11 Å². The van der Waals surface area contributed by atoms with Gasteiger partial charge in [0, 0.05) is 18.2 Å². The minimum absolute atomic E-state index is 0.224. The van der Waals surface area contributed by atoms with Crippen LogP contribution in [0.3, 0.4) is 0 Å². The predicted molar refractivity (Wildman–Crippen MR) is 85.7 cm³/mol. The standard InChI is InChI=1S/C15H18N4O2S/c1-21-12-6-4-11(5-7-12)17-13(20)15-19-18-14(22-15)10-3-2-8-16-9-10/h4-7,10,16H,2-3,8-9H2,1H3,(H,17,20)/t10-/m1/s1. The van der Waals surface area contributed by atoms with E-state index in [0.717, 1.165) is 36.7 Å². The molecule has 116 valence electrons. The number of amides is 1. The molecule has 0 spiro atoms. The van der Waals surface area contributed by atoms with Gasteiger partial charge in [-0.25, -0.2) is 0 Å². The Labute approximate surface area is 132 Å². The Morgan fingerprint density at radius 3 is 2.86 bits per heavy atom. The monoisotopic (exact) mass is 318 g/mol. The van der Waals surface area contributed by atoms with Gasteiger partial charge < -0.3 is 15.4 Å². The van der Waals surface area contributed by atoms with Crippen LogP contribution in [0.25, 0.3) is 0 Å². The van der Waals surface area contributed by atoms with E-state index in [4.69, 9.17) is 4.74 Å². The summed E-state index contributed by atoms with van der Waals surface area (Å²) in [4.78, 5) is 12.2. The molecule has 0 radical (unpaired) electrons. The normalized spacial score (nSPS) is 18.0. The van der Waals surface area contributed by atoms with Gasteiger partial charge in [0.25, 0.3) is 5.91 Å². The summed E-state index contributed by atoms with van der Waals surface area (Å²) in [7, 11) is 1.61. The van der Waals surface area contributed by atoms with E-state index in [1.165, 1.54) is 11.3 Å². The summed E-state index contributed by atoms with van der Waals surface area (Å²) >= 11 is 1.38. The third kappa shape index (κ3) is 3.42. The number of ether oxygens (including phenoxy) is 1. The lowest BCUT2D eigenvalue weighted by Gasteiger charge is -2.19. The smallest absolute Gasteiger partial charge is 0.286 e. The van der Waals surface area contributed by atoms with Crippen molar-refractivity contribution in [2.45, 2.75) is 18.8 Å². The van der Waals surface area contributed by atoms with Gasteiger partial charge in [-0.2, -0.15) is 0 Å². The molecule has 0 aliphatic carbocycles. The van der Waals surface area contributed by atoms with Crippen molar-refractivity contribution in [2.75, 3.05) is 25.5 Å². The molecule has 3 rings (SSSR count). The molecular weight excluding hydrogens is 300 g/mol. The lowest BCUT2D eigenvalue weighted by molar-refractivity contribution is 0.102. The summed E-state index contributed by atoms with van der Waals surface area (Å²) in [6.07, 6.45) is 2.24. The van der Waals surface area contributed by atoms with E-state index in [1.54, 1.807) is 31.4 Å². The molecular formula is C15H18N4O2S. The minimum Gasteiger partial charge on any atom is -0.497 e. The van der Waals surface area contributed by atoms with Crippen LogP contribution in [0.2, 0.25) is 0 Å². The zero-order chi connectivity index (χ0) is 15.4. The molecule has 1 fully saturated rings. The number of hydrogen-bond donors (Lipinski definition) is 2. The molecule has 1 aromatic heterocycles. The molecule has 1 aliphatic heterocycles. The fraction of sp³-hybridized carbons (Fsp3) is 0.400. The first-order valence-electron chi connectivity index (χ1n) is 7.26. The number of carbonyl (C=O) groups is 1. The molecule has 1 aromatic carbocycles. The van der Waals surface area contributed by atoms with Crippen molar-refractivity contribution >= 4 is 22.9 Å². The van der Waals surface area contributed by atoms with Crippen LogP contribution >= 0.6 is 11.3 Å². The van der Waals surface area contributed by atoms with Gasteiger partial charge in [-0.1, -0.05) is 11.3 Å². The summed E-state index contributed by atoms with van der Waals surface area (Å²) in [5, 5.41) is 15.7. The molecule has 6 nitrogen and oxygen atoms in total. The zero-order valence-corrected chi connectivity index (χ0v) is 13.2. The van der Waals surface area contributed by atoms with Crippen LogP contribution in [0.5, 0.6) is 5.75 Å². The average molecular weight is 318 g/mol. The molecule has 0 saturated carbocycles. The maximum absolute atomic E-state index is 12.2. The van der Waals surface area contributed by atoms with E-state index in [1.807, 2.05) is 0 Å². The summed E-state index contributed by atoms with van der Waals surface area (Å²) in [6.45, 7) is 1.97. The Balaban J connectivity index is 1.65. The molecule has 22 heavy (non-hydrogen) atoms. The lowest BCUT2D eigenvalue weighted by Crippen LogP contribution is -2.28. The quantitative estimate of drug-likeness (QED) is 0.904. The van der Waals surface area contributed by atoms with Crippen molar-refractivity contribution in [3.8, 4) is 5.75 Å². The van der Waals surface area contributed by atoms with E-state index in [-0.39, 0.29) is 5.91 Å². The van der Waals surface area contributed by atoms with Crippen LogP contribution in [-0.4, -0.2) is 36.3 Å². The summed E-state index contributed by atoms with van der Waals surface area (Å²) < 4.78 is 5.09. The number of nitrogens with zero attached hydrogens (tertiary/aromatic N) is 2. The lowest BCUT2D eigenvalue weighted by atomic mass is 10.0. The number of rotatable bonds is 4. The van der Waals surface area contributed by atoms with Crippen LogP contribution < -0.4 is 15.4 Å². The molecule has 2 heterocycles. The number of hydrogen-bond acceptors (Lipinski definition) is 6. The van der Waals surface area contributed by atoms with E-state index in [9.17, 15) is 4.79 Å². The van der Waals surface area contributed by atoms with Crippen molar-refractivity contribution in [2.24, 2.45) is 0 Å². The SMILES string of the molecule is COc1ccc(NC(=O)c2nnc([C@@H]3CCCNC3)s2)cc1. The first kappa shape index (κ1) is 14.9. The van der Waals surface area contributed by atoms with Crippen molar-refractivity contribution in [1.82, 2.24) is 15.5 Å². The topological polar surface area (TPSA) is 76.1 Å². The molecule has 0 unspecified atom stereocenters. The fourth-order valence-corrected chi connectivity index (χ4v) is 3.29. The molecule has 2 N–H and O–H groups in total. The Kier molecular flexibility index (Phi) is 4.65. The van der Waals surface area contributed by atoms with Crippen molar-refractivity contribution in [3.05, 3.63) is 34.3 Å². The molecule has 1 atom stereocenters. The minimum atomic E-state index is -0.224. The van der Waals surface area contributed by atoms with Crippen molar-refractivity contribution < 1.29 is 9.53 Å². The Bertz CT molecular complexity index is 635. The molecule has 7 heteroatoms. The third-order valence-electron chi connectivity index (χ3n) is 3.63. The summed E-state index contributed by atoms with van der Waals surface area (Å²) in [5.41, 5.74) is 0.710. The van der Waals surface area contributed by atoms with E-state index in [2.05, 4.69) is 20.8 Å². The third-order valence-corrected chi connectivity index (χ3v) is 4.71. The highest BCUT2D eigenvalue weighted by Gasteiger charge is 2.21. The van der Waals surface area contributed by atoms with E-state index in [0.29, 0.717) is 16.6 Å². The van der Waals surface area contributed by atoms with Gasteiger partial charge in [0.1, 0.15) is 10.8 Å². The molecule has 1 aliphatic rings. The van der Waals surface area contributed by atoms with Gasteiger partial charge >= 0.3 is 0 Å². The van der Waals surface area contributed by atoms with Crippen LogP contribution in [-0.2, 0) is 0 Å². The number of piperidine rings is 1. The van der Waals surface area contributed by atoms with E-state index < -0.39 is 0 Å². The zero-order valence-electron chi connectivity index (χ0n) is 12.3. The highest BCUT2D eigenvalue weighted by atomic mass is 32.1. The van der Waals surface area contributed by atoms with Crippen LogP contribution in [0.4, 0.5) is 5.69 Å². The molecule has 0 bridgehead atoms. The number of aromatic nitrogens is 2. The van der Waals surface area contributed by atoms with Crippen LogP contribution in [0, 0.1) is 0 Å². The first-order valence-corrected chi connectivity index (χ1v) is 8.07. The summed E-state index contributed by atoms with van der Waals surface area (Å²) in [5.74, 6) is 0.896. The largest absolute Gasteiger partial charge is 0.497 e. The summed E-state index contributed by atoms with van der Waals surface area (Å²) in [6, 6.07) is 7.19. The van der Waals surface area contributed by atoms with Crippen LogP contribution in [0.1, 0.15) is 33.6 Å².